The van der Waals surface area contributed by atoms with E-state index in [1.807, 2.05) is 0 Å². The van der Waals surface area contributed by atoms with Crippen molar-refractivity contribution in [3.8, 4) is 0 Å². The van der Waals surface area contributed by atoms with Gasteiger partial charge in [0.1, 0.15) is 11.3 Å². The fourth-order valence-corrected chi connectivity index (χ4v) is 2.00. The number of fused-ring (bicyclic) bond motifs is 1. The third-order valence-electron chi connectivity index (χ3n) is 3.01. The van der Waals surface area contributed by atoms with Crippen LogP contribution in [0.5, 0.6) is 0 Å². The summed E-state index contributed by atoms with van der Waals surface area (Å²) in [4.78, 5) is 0. The molecule has 2 nitrogen and oxygen atoms in total. The number of nitrogens with two attached hydrogens (primary N) is 1. The summed E-state index contributed by atoms with van der Waals surface area (Å²) in [5, 5.41) is 1.22. The van der Waals surface area contributed by atoms with Crippen LogP contribution in [0, 0.1) is 0 Å². The van der Waals surface area contributed by atoms with Crippen molar-refractivity contribution in [2.24, 2.45) is 5.73 Å². The van der Waals surface area contributed by atoms with Crippen LogP contribution < -0.4 is 5.73 Å². The molecule has 0 amide bonds. The molecule has 0 atom stereocenters. The monoisotopic (exact) mass is 201 g/mol. The van der Waals surface area contributed by atoms with E-state index in [9.17, 15) is 0 Å². The van der Waals surface area contributed by atoms with E-state index < -0.39 is 0 Å². The minimum atomic E-state index is 0.690. The van der Waals surface area contributed by atoms with Gasteiger partial charge < -0.3 is 10.2 Å². The van der Waals surface area contributed by atoms with Gasteiger partial charge in [0.05, 0.1) is 0 Å². The molecule has 0 saturated heterocycles. The van der Waals surface area contributed by atoms with E-state index in [0.29, 0.717) is 12.5 Å². The van der Waals surface area contributed by atoms with Gasteiger partial charge in [-0.1, -0.05) is 6.07 Å². The highest BCUT2D eigenvalue weighted by atomic mass is 16.3. The number of furan rings is 1. The first-order chi connectivity index (χ1) is 7.36. The molecule has 1 aromatic heterocycles. The highest BCUT2D eigenvalue weighted by Gasteiger charge is 2.27. The maximum Gasteiger partial charge on any atom is 0.134 e. The van der Waals surface area contributed by atoms with Crippen LogP contribution in [-0.4, -0.2) is 6.54 Å². The average Bonchev–Trinajstić information content (AvgIpc) is 2.99. The predicted octanol–water partition coefficient (Wildman–Crippen LogP) is 2.81. The van der Waals surface area contributed by atoms with Crippen LogP contribution in [0.25, 0.3) is 11.0 Å². The lowest BCUT2D eigenvalue weighted by Gasteiger charge is -1.96. The number of hydrogen-bond acceptors (Lipinski definition) is 2. The van der Waals surface area contributed by atoms with Gasteiger partial charge in [-0.3, -0.25) is 0 Å². The van der Waals surface area contributed by atoms with Crippen molar-refractivity contribution in [2.75, 3.05) is 6.54 Å². The van der Waals surface area contributed by atoms with Crippen molar-refractivity contribution in [3.05, 3.63) is 35.6 Å². The van der Waals surface area contributed by atoms with Gasteiger partial charge in [0.15, 0.2) is 0 Å². The second-order valence-electron chi connectivity index (χ2n) is 4.33. The van der Waals surface area contributed by atoms with Crippen LogP contribution in [0.4, 0.5) is 0 Å². The van der Waals surface area contributed by atoms with Crippen LogP contribution >= 0.6 is 0 Å². The molecule has 0 radical (unpaired) electrons. The molecular formula is C13H15NO. The van der Waals surface area contributed by atoms with Crippen molar-refractivity contribution in [1.29, 1.82) is 0 Å². The van der Waals surface area contributed by atoms with E-state index in [1.54, 1.807) is 0 Å². The molecule has 1 aliphatic rings. The van der Waals surface area contributed by atoms with Crippen molar-refractivity contribution >= 4 is 11.0 Å². The van der Waals surface area contributed by atoms with Gasteiger partial charge in [-0.2, -0.15) is 0 Å². The zero-order valence-corrected chi connectivity index (χ0v) is 8.70. The minimum absolute atomic E-state index is 0.690. The van der Waals surface area contributed by atoms with Gasteiger partial charge in [0, 0.05) is 11.3 Å². The fraction of sp³-hybridized carbons (Fsp3) is 0.385. The second kappa shape index (κ2) is 3.38. The Labute approximate surface area is 89.1 Å². The molecule has 1 aliphatic carbocycles. The van der Waals surface area contributed by atoms with E-state index in [1.165, 1.54) is 23.8 Å². The highest BCUT2D eigenvalue weighted by molar-refractivity contribution is 5.79. The van der Waals surface area contributed by atoms with Crippen LogP contribution in [0.3, 0.4) is 0 Å². The van der Waals surface area contributed by atoms with E-state index in [2.05, 4.69) is 24.3 Å². The van der Waals surface area contributed by atoms with Crippen LogP contribution in [0.2, 0.25) is 0 Å². The smallest absolute Gasteiger partial charge is 0.134 e. The van der Waals surface area contributed by atoms with Gasteiger partial charge in [-0.05, 0) is 49.6 Å². The molecule has 15 heavy (non-hydrogen) atoms. The first kappa shape index (κ1) is 8.98. The number of hydrogen-bond donors (Lipinski definition) is 1. The maximum atomic E-state index is 5.79. The van der Waals surface area contributed by atoms with Crippen LogP contribution in [-0.2, 0) is 6.42 Å². The fourth-order valence-electron chi connectivity index (χ4n) is 2.00. The van der Waals surface area contributed by atoms with Gasteiger partial charge in [-0.25, -0.2) is 0 Å². The van der Waals surface area contributed by atoms with E-state index in [4.69, 9.17) is 10.2 Å². The van der Waals surface area contributed by atoms with E-state index in [-0.39, 0.29) is 0 Å². The summed E-state index contributed by atoms with van der Waals surface area (Å²) in [5.41, 5.74) is 7.86. The summed E-state index contributed by atoms with van der Waals surface area (Å²) in [6, 6.07) is 8.55. The Hall–Kier alpha value is -1.28. The molecule has 3 rings (SSSR count). The molecule has 0 aliphatic heterocycles. The summed E-state index contributed by atoms with van der Waals surface area (Å²) in [6.45, 7) is 0.707. The van der Waals surface area contributed by atoms with Crippen LogP contribution in [0.15, 0.2) is 28.7 Å². The Morgan fingerprint density at radius 2 is 2.13 bits per heavy atom. The minimum Gasteiger partial charge on any atom is -0.461 e. The third kappa shape index (κ3) is 1.65. The molecular weight excluding hydrogens is 186 g/mol. The largest absolute Gasteiger partial charge is 0.461 e. The topological polar surface area (TPSA) is 39.2 Å². The third-order valence-corrected chi connectivity index (χ3v) is 3.01. The lowest BCUT2D eigenvalue weighted by atomic mass is 10.1. The predicted molar refractivity (Wildman–Crippen MR) is 60.9 cm³/mol. The summed E-state index contributed by atoms with van der Waals surface area (Å²) in [7, 11) is 0. The van der Waals surface area contributed by atoms with E-state index in [0.717, 1.165) is 17.8 Å². The summed E-state index contributed by atoms with van der Waals surface area (Å²) < 4.78 is 5.79. The first-order valence-corrected chi connectivity index (χ1v) is 5.59. The Balaban J connectivity index is 2.02. The molecule has 78 valence electrons. The molecule has 0 bridgehead atoms. The first-order valence-electron chi connectivity index (χ1n) is 5.59. The lowest BCUT2D eigenvalue weighted by molar-refractivity contribution is 0.552. The summed E-state index contributed by atoms with van der Waals surface area (Å²) >= 11 is 0. The SMILES string of the molecule is NCCc1ccc2oc(C3CC3)cc2c1. The Morgan fingerprint density at radius 1 is 1.27 bits per heavy atom. The highest BCUT2D eigenvalue weighted by Crippen LogP contribution is 2.42. The molecule has 2 N–H and O–H groups in total. The molecule has 2 aromatic rings. The quantitative estimate of drug-likeness (QED) is 0.829. The molecule has 2 heteroatoms. The Kier molecular flexibility index (Phi) is 2.03. The zero-order chi connectivity index (χ0) is 10.3. The second-order valence-corrected chi connectivity index (χ2v) is 4.33. The van der Waals surface area contributed by atoms with Gasteiger partial charge in [0.25, 0.3) is 0 Å². The van der Waals surface area contributed by atoms with Gasteiger partial charge >= 0.3 is 0 Å². The standard InChI is InChI=1S/C13H15NO/c14-6-5-9-1-4-12-11(7-9)8-13(15-12)10-2-3-10/h1,4,7-8,10H,2-3,5-6,14H2. The van der Waals surface area contributed by atoms with Crippen molar-refractivity contribution in [3.63, 3.8) is 0 Å². The normalized spacial score (nSPS) is 16.1. The molecule has 1 fully saturated rings. The number of rotatable bonds is 3. The zero-order valence-electron chi connectivity index (χ0n) is 8.70. The summed E-state index contributed by atoms with van der Waals surface area (Å²) in [6.07, 6.45) is 3.52. The maximum absolute atomic E-state index is 5.79. The van der Waals surface area contributed by atoms with E-state index >= 15 is 0 Å². The average molecular weight is 201 g/mol. The Morgan fingerprint density at radius 3 is 2.87 bits per heavy atom. The van der Waals surface area contributed by atoms with Gasteiger partial charge in [0.2, 0.25) is 0 Å². The summed E-state index contributed by atoms with van der Waals surface area (Å²) in [5.74, 6) is 1.85. The molecule has 1 heterocycles. The number of benzene rings is 1. The van der Waals surface area contributed by atoms with Gasteiger partial charge in [-0.15, -0.1) is 0 Å². The van der Waals surface area contributed by atoms with Crippen molar-refractivity contribution < 1.29 is 4.42 Å². The molecule has 1 aromatic carbocycles. The van der Waals surface area contributed by atoms with Crippen LogP contribution in [0.1, 0.15) is 30.1 Å². The van der Waals surface area contributed by atoms with Crippen molar-refractivity contribution in [2.45, 2.75) is 25.2 Å². The lowest BCUT2D eigenvalue weighted by Crippen LogP contribution is -2.02. The molecule has 0 unspecified atom stereocenters. The van der Waals surface area contributed by atoms with Crippen molar-refractivity contribution in [1.82, 2.24) is 0 Å². The molecule has 0 spiro atoms. The molecule has 1 saturated carbocycles. The Bertz CT molecular complexity index is 482.